The van der Waals surface area contributed by atoms with Crippen LogP contribution in [0, 0.1) is 0 Å². The fraction of sp³-hybridized carbons (Fsp3) is 0.176. The van der Waals surface area contributed by atoms with Gasteiger partial charge in [-0.25, -0.2) is 4.68 Å². The molecule has 7 nitrogen and oxygen atoms in total. The van der Waals surface area contributed by atoms with E-state index < -0.39 is 0 Å². The number of benzene rings is 1. The average molecular weight is 326 g/mol. The quantitative estimate of drug-likeness (QED) is 0.749. The second kappa shape index (κ2) is 6.91. The van der Waals surface area contributed by atoms with Crippen molar-refractivity contribution in [3.8, 4) is 22.9 Å². The Hall–Kier alpha value is -3.22. The van der Waals surface area contributed by atoms with Gasteiger partial charge in [0.25, 0.3) is 0 Å². The molecule has 24 heavy (non-hydrogen) atoms. The molecule has 124 valence electrons. The highest BCUT2D eigenvalue weighted by Crippen LogP contribution is 2.31. The van der Waals surface area contributed by atoms with Crippen molar-refractivity contribution in [2.45, 2.75) is 6.61 Å². The Morgan fingerprint density at radius 1 is 1.00 bits per heavy atom. The van der Waals surface area contributed by atoms with Crippen LogP contribution in [0.4, 0.5) is 5.82 Å². The molecule has 0 aliphatic rings. The van der Waals surface area contributed by atoms with Gasteiger partial charge >= 0.3 is 0 Å². The fourth-order valence-corrected chi connectivity index (χ4v) is 2.24. The number of aromatic nitrogens is 3. The lowest BCUT2D eigenvalue weighted by molar-refractivity contribution is 0.300. The molecule has 1 aromatic carbocycles. The van der Waals surface area contributed by atoms with Crippen LogP contribution in [0.2, 0.25) is 0 Å². The molecular formula is C17H18N4O3. The van der Waals surface area contributed by atoms with Gasteiger partial charge in [0.2, 0.25) is 0 Å². The standard InChI is InChI=1S/C17H18N4O3/c1-22-13-5-3-12(4-6-13)11-24-15-10-19-9-14(23-2)17(15)21-8-7-16(18)20-21/h3-10H,11H2,1-2H3,(H2,18,20). The van der Waals surface area contributed by atoms with Crippen molar-refractivity contribution in [2.24, 2.45) is 0 Å². The highest BCUT2D eigenvalue weighted by atomic mass is 16.5. The predicted molar refractivity (Wildman–Crippen MR) is 89.6 cm³/mol. The van der Waals surface area contributed by atoms with Crippen LogP contribution in [-0.4, -0.2) is 29.0 Å². The molecule has 3 rings (SSSR count). The molecule has 0 atom stereocenters. The zero-order chi connectivity index (χ0) is 16.9. The van der Waals surface area contributed by atoms with Gasteiger partial charge < -0.3 is 19.9 Å². The summed E-state index contributed by atoms with van der Waals surface area (Å²) in [6, 6.07) is 9.36. The van der Waals surface area contributed by atoms with Gasteiger partial charge in [0.05, 0.1) is 26.6 Å². The molecule has 0 aliphatic carbocycles. The highest BCUT2D eigenvalue weighted by Gasteiger charge is 2.15. The molecule has 0 spiro atoms. The van der Waals surface area contributed by atoms with Crippen molar-refractivity contribution in [3.05, 3.63) is 54.5 Å². The monoisotopic (exact) mass is 326 g/mol. The number of pyridine rings is 1. The zero-order valence-electron chi connectivity index (χ0n) is 13.5. The van der Waals surface area contributed by atoms with E-state index in [1.54, 1.807) is 43.6 Å². The van der Waals surface area contributed by atoms with Crippen molar-refractivity contribution >= 4 is 5.82 Å². The van der Waals surface area contributed by atoms with Crippen molar-refractivity contribution in [3.63, 3.8) is 0 Å². The van der Waals surface area contributed by atoms with Crippen LogP contribution in [0.15, 0.2) is 48.9 Å². The smallest absolute Gasteiger partial charge is 0.167 e. The van der Waals surface area contributed by atoms with Crippen molar-refractivity contribution in [1.82, 2.24) is 14.8 Å². The van der Waals surface area contributed by atoms with E-state index in [-0.39, 0.29) is 0 Å². The lowest BCUT2D eigenvalue weighted by Crippen LogP contribution is -2.05. The summed E-state index contributed by atoms with van der Waals surface area (Å²) in [5.74, 6) is 2.31. The summed E-state index contributed by atoms with van der Waals surface area (Å²) in [4.78, 5) is 4.15. The third-order valence-corrected chi connectivity index (χ3v) is 3.46. The molecule has 0 saturated carbocycles. The van der Waals surface area contributed by atoms with Crippen LogP contribution in [0.3, 0.4) is 0 Å². The summed E-state index contributed by atoms with van der Waals surface area (Å²) >= 11 is 0. The molecule has 0 bridgehead atoms. The summed E-state index contributed by atoms with van der Waals surface area (Å²) in [5.41, 5.74) is 7.36. The highest BCUT2D eigenvalue weighted by molar-refractivity contribution is 5.55. The van der Waals surface area contributed by atoms with Crippen molar-refractivity contribution < 1.29 is 14.2 Å². The van der Waals surface area contributed by atoms with Crippen LogP contribution in [0.25, 0.3) is 5.69 Å². The molecule has 2 aromatic heterocycles. The SMILES string of the molecule is COc1ccc(COc2cncc(OC)c2-n2ccc(N)n2)cc1. The predicted octanol–water partition coefficient (Wildman–Crippen LogP) is 2.45. The maximum atomic E-state index is 5.92. The summed E-state index contributed by atoms with van der Waals surface area (Å²) in [5, 5.41) is 4.22. The van der Waals surface area contributed by atoms with E-state index in [9.17, 15) is 0 Å². The first-order valence-electron chi connectivity index (χ1n) is 7.30. The van der Waals surface area contributed by atoms with E-state index in [2.05, 4.69) is 10.1 Å². The molecule has 2 heterocycles. The number of nitrogen functional groups attached to an aromatic ring is 1. The minimum atomic E-state index is 0.378. The van der Waals surface area contributed by atoms with E-state index in [0.717, 1.165) is 11.3 Å². The van der Waals surface area contributed by atoms with E-state index in [1.807, 2.05) is 24.3 Å². The molecular weight excluding hydrogens is 308 g/mol. The van der Waals surface area contributed by atoms with E-state index in [4.69, 9.17) is 19.9 Å². The van der Waals surface area contributed by atoms with Crippen LogP contribution in [-0.2, 0) is 6.61 Å². The second-order valence-electron chi connectivity index (χ2n) is 5.01. The molecule has 0 fully saturated rings. The van der Waals surface area contributed by atoms with Crippen molar-refractivity contribution in [1.29, 1.82) is 0 Å². The molecule has 2 N–H and O–H groups in total. The Labute approximate surface area is 139 Å². The summed E-state index contributed by atoms with van der Waals surface area (Å²) < 4.78 is 18.1. The maximum absolute atomic E-state index is 5.92. The lowest BCUT2D eigenvalue weighted by Gasteiger charge is -2.14. The topological polar surface area (TPSA) is 84.4 Å². The molecule has 0 aliphatic heterocycles. The third kappa shape index (κ3) is 3.24. The van der Waals surface area contributed by atoms with Gasteiger partial charge in [0, 0.05) is 12.3 Å². The van der Waals surface area contributed by atoms with Crippen molar-refractivity contribution in [2.75, 3.05) is 20.0 Å². The third-order valence-electron chi connectivity index (χ3n) is 3.46. The van der Waals surface area contributed by atoms with Gasteiger partial charge in [-0.2, -0.15) is 5.10 Å². The van der Waals surface area contributed by atoms with Gasteiger partial charge in [-0.05, 0) is 17.7 Å². The summed E-state index contributed by atoms with van der Waals surface area (Å²) in [6.07, 6.45) is 4.97. The molecule has 0 unspecified atom stereocenters. The first-order valence-corrected chi connectivity index (χ1v) is 7.30. The van der Waals surface area contributed by atoms with Gasteiger partial charge in [-0.1, -0.05) is 12.1 Å². The normalized spacial score (nSPS) is 10.4. The maximum Gasteiger partial charge on any atom is 0.167 e. The number of nitrogens with zero attached hydrogens (tertiary/aromatic N) is 3. The van der Waals surface area contributed by atoms with Crippen LogP contribution >= 0.6 is 0 Å². The molecule has 7 heteroatoms. The molecule has 0 amide bonds. The van der Waals surface area contributed by atoms with Crippen LogP contribution in [0.1, 0.15) is 5.56 Å². The summed E-state index contributed by atoms with van der Waals surface area (Å²) in [6.45, 7) is 0.378. The van der Waals surface area contributed by atoms with Gasteiger partial charge in [0.15, 0.2) is 17.2 Å². The van der Waals surface area contributed by atoms with E-state index >= 15 is 0 Å². The van der Waals surface area contributed by atoms with Gasteiger partial charge in [-0.3, -0.25) is 4.98 Å². The average Bonchev–Trinajstić information content (AvgIpc) is 3.05. The lowest BCUT2D eigenvalue weighted by atomic mass is 10.2. The Bertz CT molecular complexity index is 815. The minimum Gasteiger partial charge on any atom is -0.497 e. The number of ether oxygens (including phenoxy) is 3. The number of methoxy groups -OCH3 is 2. The molecule has 0 radical (unpaired) electrons. The number of nitrogens with two attached hydrogens (primary N) is 1. The Morgan fingerprint density at radius 2 is 1.75 bits per heavy atom. The van der Waals surface area contributed by atoms with Crippen LogP contribution < -0.4 is 19.9 Å². The number of hydrogen-bond donors (Lipinski definition) is 1. The molecule has 3 aromatic rings. The van der Waals surface area contributed by atoms with E-state index in [0.29, 0.717) is 29.6 Å². The number of hydrogen-bond acceptors (Lipinski definition) is 6. The summed E-state index contributed by atoms with van der Waals surface area (Å²) in [7, 11) is 3.20. The first kappa shape index (κ1) is 15.7. The Balaban J connectivity index is 1.87. The Morgan fingerprint density at radius 3 is 2.38 bits per heavy atom. The molecule has 0 saturated heterocycles. The van der Waals surface area contributed by atoms with Crippen LogP contribution in [0.5, 0.6) is 17.2 Å². The fourth-order valence-electron chi connectivity index (χ4n) is 2.24. The Kier molecular flexibility index (Phi) is 4.51. The zero-order valence-corrected chi connectivity index (χ0v) is 13.5. The minimum absolute atomic E-state index is 0.378. The largest absolute Gasteiger partial charge is 0.497 e. The van der Waals surface area contributed by atoms with E-state index in [1.165, 1.54) is 0 Å². The number of rotatable bonds is 6. The van der Waals surface area contributed by atoms with Gasteiger partial charge in [0.1, 0.15) is 18.2 Å². The van der Waals surface area contributed by atoms with Gasteiger partial charge in [-0.15, -0.1) is 0 Å². The second-order valence-corrected chi connectivity index (χ2v) is 5.01. The number of anilines is 1. The first-order chi connectivity index (χ1) is 11.7.